The molecule has 0 aliphatic carbocycles. The Morgan fingerprint density at radius 1 is 1.19 bits per heavy atom. The van der Waals surface area contributed by atoms with Gasteiger partial charge in [0.05, 0.1) is 12.0 Å². The molecule has 1 saturated heterocycles. The van der Waals surface area contributed by atoms with Gasteiger partial charge in [0, 0.05) is 47.9 Å². The molecule has 1 fully saturated rings. The average Bonchev–Trinajstić information content (AvgIpc) is 2.90. The Balaban J connectivity index is 1.60. The van der Waals surface area contributed by atoms with E-state index < -0.39 is 5.60 Å². The molecule has 136 valence electrons. The lowest BCUT2D eigenvalue weighted by Gasteiger charge is -2.41. The summed E-state index contributed by atoms with van der Waals surface area (Å²) in [6, 6.07) is 14.7. The maximum Gasteiger partial charge on any atom is 0.227 e. The van der Waals surface area contributed by atoms with Crippen LogP contribution in [0.3, 0.4) is 0 Å². The van der Waals surface area contributed by atoms with E-state index >= 15 is 0 Å². The molecular formula is C22H26N2O2. The number of amides is 1. The smallest absolute Gasteiger partial charge is 0.227 e. The first kappa shape index (κ1) is 17.1. The summed E-state index contributed by atoms with van der Waals surface area (Å²) in [5.41, 5.74) is 2.77. The van der Waals surface area contributed by atoms with Gasteiger partial charge in [-0.1, -0.05) is 31.2 Å². The number of rotatable bonds is 2. The molecule has 0 saturated carbocycles. The number of carbonyl (C=O) groups excluding carboxylic acids is 1. The molecular weight excluding hydrogens is 324 g/mol. The molecule has 4 heteroatoms. The van der Waals surface area contributed by atoms with Crippen molar-refractivity contribution in [1.82, 2.24) is 9.47 Å². The first-order valence-electron chi connectivity index (χ1n) is 9.33. The quantitative estimate of drug-likeness (QED) is 0.769. The lowest BCUT2D eigenvalue weighted by molar-refractivity contribution is -0.137. The molecule has 1 aliphatic heterocycles. The van der Waals surface area contributed by atoms with Crippen LogP contribution in [0.1, 0.15) is 25.8 Å². The Hall–Kier alpha value is -2.33. The van der Waals surface area contributed by atoms with Crippen molar-refractivity contribution in [1.29, 1.82) is 0 Å². The van der Waals surface area contributed by atoms with Crippen molar-refractivity contribution in [3.63, 3.8) is 0 Å². The predicted octanol–water partition coefficient (Wildman–Crippen LogP) is 3.49. The zero-order valence-electron chi connectivity index (χ0n) is 15.7. The van der Waals surface area contributed by atoms with Crippen LogP contribution in [0.5, 0.6) is 0 Å². The minimum absolute atomic E-state index is 0.0979. The first-order valence-corrected chi connectivity index (χ1v) is 9.33. The Bertz CT molecular complexity index is 986. The van der Waals surface area contributed by atoms with E-state index in [0.29, 0.717) is 25.9 Å². The van der Waals surface area contributed by atoms with Crippen molar-refractivity contribution in [3.8, 4) is 0 Å². The fourth-order valence-electron chi connectivity index (χ4n) is 4.06. The molecule has 2 heterocycles. The number of piperidine rings is 1. The van der Waals surface area contributed by atoms with Gasteiger partial charge in [0.2, 0.25) is 5.91 Å². The van der Waals surface area contributed by atoms with Crippen molar-refractivity contribution >= 4 is 27.7 Å². The maximum absolute atomic E-state index is 12.8. The maximum atomic E-state index is 12.8. The third-order valence-electron chi connectivity index (χ3n) is 6.13. The summed E-state index contributed by atoms with van der Waals surface area (Å²) in [5.74, 6) is 0.243. The second-order valence-corrected chi connectivity index (χ2v) is 7.95. The molecule has 0 bridgehead atoms. The van der Waals surface area contributed by atoms with E-state index in [1.807, 2.05) is 18.7 Å². The Morgan fingerprint density at radius 2 is 1.92 bits per heavy atom. The number of fused-ring (bicyclic) bond motifs is 3. The second kappa shape index (κ2) is 6.13. The van der Waals surface area contributed by atoms with Gasteiger partial charge in [0.1, 0.15) is 0 Å². The number of hydrogen-bond acceptors (Lipinski definition) is 2. The number of hydrogen-bond donors (Lipinski definition) is 1. The molecule has 0 unspecified atom stereocenters. The fraction of sp³-hybridized carbons (Fsp3) is 0.409. The lowest BCUT2D eigenvalue weighted by atomic mass is 9.84. The summed E-state index contributed by atoms with van der Waals surface area (Å²) < 4.78 is 2.20. The van der Waals surface area contributed by atoms with E-state index in [4.69, 9.17) is 0 Å². The molecule has 26 heavy (non-hydrogen) atoms. The summed E-state index contributed by atoms with van der Waals surface area (Å²) in [6.45, 7) is 5.14. The molecule has 1 aliphatic rings. The molecule has 1 N–H and O–H groups in total. The third-order valence-corrected chi connectivity index (χ3v) is 6.13. The topological polar surface area (TPSA) is 45.5 Å². The zero-order valence-corrected chi connectivity index (χ0v) is 15.7. The van der Waals surface area contributed by atoms with Crippen LogP contribution in [0.4, 0.5) is 0 Å². The minimum Gasteiger partial charge on any atom is -0.390 e. The molecule has 0 spiro atoms. The van der Waals surface area contributed by atoms with Gasteiger partial charge in [-0.25, -0.2) is 0 Å². The highest BCUT2D eigenvalue weighted by Gasteiger charge is 2.35. The Morgan fingerprint density at radius 3 is 2.69 bits per heavy atom. The number of benzene rings is 2. The number of aromatic nitrogens is 1. The normalized spacial score (nSPS) is 23.7. The number of aliphatic hydroxyl groups is 1. The van der Waals surface area contributed by atoms with Crippen LogP contribution in [0, 0.1) is 5.92 Å². The van der Waals surface area contributed by atoms with Gasteiger partial charge < -0.3 is 14.6 Å². The summed E-state index contributed by atoms with van der Waals surface area (Å²) >= 11 is 0. The number of para-hydroxylation sites is 1. The Labute approximate surface area is 154 Å². The van der Waals surface area contributed by atoms with E-state index in [2.05, 4.69) is 54.1 Å². The third kappa shape index (κ3) is 2.78. The summed E-state index contributed by atoms with van der Waals surface area (Å²) in [4.78, 5) is 14.7. The molecule has 0 radical (unpaired) electrons. The second-order valence-electron chi connectivity index (χ2n) is 7.95. The van der Waals surface area contributed by atoms with E-state index in [-0.39, 0.29) is 11.8 Å². The van der Waals surface area contributed by atoms with Crippen LogP contribution < -0.4 is 0 Å². The van der Waals surface area contributed by atoms with Crippen LogP contribution in [0.15, 0.2) is 42.5 Å². The van der Waals surface area contributed by atoms with Gasteiger partial charge in [0.25, 0.3) is 0 Å². The predicted molar refractivity (Wildman–Crippen MR) is 105 cm³/mol. The van der Waals surface area contributed by atoms with Crippen LogP contribution in [0.2, 0.25) is 0 Å². The molecule has 1 amide bonds. The standard InChI is InChI=1S/C22H26N2O2/c1-15-14-24(11-10-22(15,2)26)21(25)13-16-8-9-20-18(12-16)17-6-4-5-7-19(17)23(20)3/h4-9,12,15,26H,10-11,13-14H2,1-3H3/t15-,22+/m1/s1. The molecule has 2 atom stereocenters. The molecule has 4 nitrogen and oxygen atoms in total. The SMILES string of the molecule is C[C@@H]1CN(C(=O)Cc2ccc3c(c2)c2ccccc2n3C)CC[C@]1(C)O. The molecule has 2 aromatic carbocycles. The summed E-state index contributed by atoms with van der Waals surface area (Å²) in [7, 11) is 2.08. The highest BCUT2D eigenvalue weighted by Crippen LogP contribution is 2.30. The highest BCUT2D eigenvalue weighted by molar-refractivity contribution is 6.08. The summed E-state index contributed by atoms with van der Waals surface area (Å²) in [5, 5.41) is 12.7. The van der Waals surface area contributed by atoms with Gasteiger partial charge in [-0.15, -0.1) is 0 Å². The van der Waals surface area contributed by atoms with Crippen molar-refractivity contribution in [2.75, 3.05) is 13.1 Å². The molecule has 3 aromatic rings. The van der Waals surface area contributed by atoms with Crippen LogP contribution in [0.25, 0.3) is 21.8 Å². The van der Waals surface area contributed by atoms with Gasteiger partial charge in [0.15, 0.2) is 0 Å². The van der Waals surface area contributed by atoms with Gasteiger partial charge in [-0.3, -0.25) is 4.79 Å². The first-order chi connectivity index (χ1) is 12.4. The highest BCUT2D eigenvalue weighted by atomic mass is 16.3. The van der Waals surface area contributed by atoms with E-state index in [9.17, 15) is 9.90 Å². The molecule has 4 rings (SSSR count). The minimum atomic E-state index is -0.668. The van der Waals surface area contributed by atoms with Gasteiger partial charge in [-0.05, 0) is 37.1 Å². The van der Waals surface area contributed by atoms with Crippen molar-refractivity contribution < 1.29 is 9.90 Å². The number of carbonyl (C=O) groups is 1. The zero-order chi connectivity index (χ0) is 18.5. The van der Waals surface area contributed by atoms with Crippen molar-refractivity contribution in [2.45, 2.75) is 32.3 Å². The summed E-state index contributed by atoms with van der Waals surface area (Å²) in [6.07, 6.45) is 1.05. The monoisotopic (exact) mass is 350 g/mol. The van der Waals surface area contributed by atoms with E-state index in [0.717, 1.165) is 5.56 Å². The van der Waals surface area contributed by atoms with Crippen molar-refractivity contribution in [3.05, 3.63) is 48.0 Å². The van der Waals surface area contributed by atoms with Gasteiger partial charge >= 0.3 is 0 Å². The van der Waals surface area contributed by atoms with Crippen LogP contribution in [-0.2, 0) is 18.3 Å². The largest absolute Gasteiger partial charge is 0.390 e. The van der Waals surface area contributed by atoms with Crippen LogP contribution >= 0.6 is 0 Å². The van der Waals surface area contributed by atoms with E-state index in [1.54, 1.807) is 0 Å². The average molecular weight is 350 g/mol. The van der Waals surface area contributed by atoms with Crippen molar-refractivity contribution in [2.24, 2.45) is 13.0 Å². The lowest BCUT2D eigenvalue weighted by Crippen LogP contribution is -2.51. The fourth-order valence-corrected chi connectivity index (χ4v) is 4.06. The van der Waals surface area contributed by atoms with E-state index in [1.165, 1.54) is 21.8 Å². The number of likely N-dealkylation sites (tertiary alicyclic amines) is 1. The number of nitrogens with zero attached hydrogens (tertiary/aromatic N) is 2. The van der Waals surface area contributed by atoms with Crippen LogP contribution in [-0.4, -0.2) is 39.2 Å². The number of aryl methyl sites for hydroxylation is 1. The molecule has 1 aromatic heterocycles. The Kier molecular flexibility index (Phi) is 4.03. The van der Waals surface area contributed by atoms with Gasteiger partial charge in [-0.2, -0.15) is 0 Å².